The number of hydrogen-bond donors (Lipinski definition) is 3. The molecule has 7 rings (SSSR count). The third-order valence-electron chi connectivity index (χ3n) is 10.7. The van der Waals surface area contributed by atoms with Crippen LogP contribution in [0.25, 0.3) is 10.9 Å². The largest absolute Gasteiger partial charge is 0.349 e. The van der Waals surface area contributed by atoms with Gasteiger partial charge in [0.1, 0.15) is 5.82 Å². The van der Waals surface area contributed by atoms with E-state index in [1.165, 1.54) is 18.6 Å². The Bertz CT molecular complexity index is 1620. The number of Topliss-reactive ketones (excluding diaryl/α,β-unsaturated/α-hetero) is 1. The lowest BCUT2D eigenvalue weighted by Crippen LogP contribution is -2.42. The fraction of sp³-hybridized carbons (Fsp3) is 0.419. The summed E-state index contributed by atoms with van der Waals surface area (Å²) in [6.07, 6.45) is 4.13. The lowest BCUT2D eigenvalue weighted by atomic mass is 9.73. The third-order valence-corrected chi connectivity index (χ3v) is 10.7. The Labute approximate surface area is 225 Å². The molecule has 3 aromatic rings. The minimum Gasteiger partial charge on any atom is -0.349 e. The number of carbonyl (C=O) groups excluding carboxylic acids is 3. The number of nitrogens with zero attached hydrogens (tertiary/aromatic N) is 1. The number of H-pyrrole nitrogens is 1. The van der Waals surface area contributed by atoms with Crippen LogP contribution in [0.4, 0.5) is 4.39 Å². The van der Waals surface area contributed by atoms with Crippen LogP contribution in [0.15, 0.2) is 53.7 Å². The number of ketones is 1. The molecule has 6 unspecified atom stereocenters. The number of amides is 2. The zero-order chi connectivity index (χ0) is 27.3. The van der Waals surface area contributed by atoms with E-state index in [1.54, 1.807) is 19.2 Å². The molecule has 200 valence electrons. The smallest absolute Gasteiger partial charge is 0.254 e. The van der Waals surface area contributed by atoms with Crippen molar-refractivity contribution in [1.82, 2.24) is 20.8 Å². The highest BCUT2D eigenvalue weighted by Crippen LogP contribution is 2.89. The van der Waals surface area contributed by atoms with E-state index in [9.17, 15) is 18.8 Å². The average molecular weight is 527 g/mol. The van der Waals surface area contributed by atoms with Crippen LogP contribution in [0.2, 0.25) is 0 Å². The first-order chi connectivity index (χ1) is 18.6. The quantitative estimate of drug-likeness (QED) is 0.438. The van der Waals surface area contributed by atoms with Gasteiger partial charge < -0.3 is 10.6 Å². The first-order valence-electron chi connectivity index (χ1n) is 13.7. The predicted molar refractivity (Wildman–Crippen MR) is 143 cm³/mol. The van der Waals surface area contributed by atoms with Crippen molar-refractivity contribution in [2.24, 2.45) is 22.7 Å². The van der Waals surface area contributed by atoms with E-state index < -0.39 is 17.8 Å². The van der Waals surface area contributed by atoms with Gasteiger partial charge in [-0.05, 0) is 77.8 Å². The lowest BCUT2D eigenvalue weighted by Gasteiger charge is -2.34. The Hall–Kier alpha value is -3.81. The molecule has 8 heteroatoms. The van der Waals surface area contributed by atoms with Crippen molar-refractivity contribution in [2.75, 3.05) is 0 Å². The second-order valence-corrected chi connectivity index (χ2v) is 12.3. The maximum Gasteiger partial charge on any atom is 0.254 e. The fourth-order valence-corrected chi connectivity index (χ4v) is 8.28. The van der Waals surface area contributed by atoms with Gasteiger partial charge in [-0.2, -0.15) is 5.10 Å². The third kappa shape index (κ3) is 3.33. The Balaban J connectivity index is 1.16. The van der Waals surface area contributed by atoms with Gasteiger partial charge in [-0.25, -0.2) is 4.39 Å². The van der Waals surface area contributed by atoms with Crippen LogP contribution >= 0.6 is 0 Å². The summed E-state index contributed by atoms with van der Waals surface area (Å²) in [4.78, 5) is 39.5. The van der Waals surface area contributed by atoms with Crippen molar-refractivity contribution in [3.8, 4) is 0 Å². The number of fused-ring (bicyclic) bond motifs is 2. The molecule has 3 aliphatic carbocycles. The topological polar surface area (TPSA) is 104 Å². The van der Waals surface area contributed by atoms with Gasteiger partial charge in [-0.15, -0.1) is 0 Å². The molecule has 1 aromatic heterocycles. The zero-order valence-electron chi connectivity index (χ0n) is 22.2. The summed E-state index contributed by atoms with van der Waals surface area (Å²) in [5, 5.41) is 13.9. The van der Waals surface area contributed by atoms with E-state index in [-0.39, 0.29) is 41.6 Å². The van der Waals surface area contributed by atoms with E-state index in [0.29, 0.717) is 34.0 Å². The van der Waals surface area contributed by atoms with Gasteiger partial charge in [-0.1, -0.05) is 31.6 Å². The van der Waals surface area contributed by atoms with Gasteiger partial charge in [0.25, 0.3) is 5.91 Å². The van der Waals surface area contributed by atoms with Crippen LogP contribution in [0.1, 0.15) is 67.6 Å². The molecule has 2 amide bonds. The Morgan fingerprint density at radius 1 is 1.13 bits per heavy atom. The van der Waals surface area contributed by atoms with Crippen LogP contribution < -0.4 is 10.6 Å². The average Bonchev–Trinajstić information content (AvgIpc) is 3.20. The highest BCUT2D eigenvalue weighted by atomic mass is 19.1. The second kappa shape index (κ2) is 8.10. The van der Waals surface area contributed by atoms with Crippen molar-refractivity contribution in [1.29, 1.82) is 0 Å². The first kappa shape index (κ1) is 24.2. The van der Waals surface area contributed by atoms with E-state index in [0.717, 1.165) is 22.9 Å². The monoisotopic (exact) mass is 526 g/mol. The van der Waals surface area contributed by atoms with Crippen LogP contribution in [-0.2, 0) is 16.0 Å². The Morgan fingerprint density at radius 3 is 2.69 bits per heavy atom. The summed E-state index contributed by atoms with van der Waals surface area (Å²) in [5.74, 6) is -0.134. The standard InChI is InChI=1S/C31H31FN4O3/c1-15-8-26(38)35-28(27(15)23(37)10-16-4-7-22-18(9-16)14-33-36-22)17-5-6-21(32)20(11-17)29(39)34-25-13-19-12-24-30(19,2)31(24,25)3/h4-7,9,11,14,19,24-25,28H,8,10,12-13H2,1-3H3,(H,33,36)(H,34,39)(H,35,38). The van der Waals surface area contributed by atoms with Gasteiger partial charge in [0.05, 0.1) is 23.3 Å². The molecular weight excluding hydrogens is 495 g/mol. The van der Waals surface area contributed by atoms with Crippen molar-refractivity contribution >= 4 is 28.5 Å². The van der Waals surface area contributed by atoms with Gasteiger partial charge >= 0.3 is 0 Å². The number of benzene rings is 2. The van der Waals surface area contributed by atoms with E-state index >= 15 is 0 Å². The molecule has 0 bridgehead atoms. The maximum atomic E-state index is 15.0. The van der Waals surface area contributed by atoms with Gasteiger partial charge in [-0.3, -0.25) is 19.5 Å². The molecule has 1 aliphatic heterocycles. The number of nitrogens with one attached hydrogen (secondary N) is 3. The van der Waals surface area contributed by atoms with Crippen molar-refractivity contribution in [3.63, 3.8) is 0 Å². The Morgan fingerprint density at radius 2 is 1.95 bits per heavy atom. The molecule has 4 aliphatic rings. The summed E-state index contributed by atoms with van der Waals surface area (Å²) in [6, 6.07) is 9.24. The number of aromatic amines is 1. The lowest BCUT2D eigenvalue weighted by molar-refractivity contribution is -0.121. The van der Waals surface area contributed by atoms with Crippen molar-refractivity contribution < 1.29 is 18.8 Å². The van der Waals surface area contributed by atoms with E-state index in [2.05, 4.69) is 34.7 Å². The van der Waals surface area contributed by atoms with Gasteiger partial charge in [0.15, 0.2) is 5.78 Å². The highest BCUT2D eigenvalue weighted by Gasteiger charge is 2.86. The molecule has 2 heterocycles. The summed E-state index contributed by atoms with van der Waals surface area (Å²) >= 11 is 0. The molecule has 39 heavy (non-hydrogen) atoms. The minimum atomic E-state index is -0.757. The zero-order valence-corrected chi connectivity index (χ0v) is 22.2. The highest BCUT2D eigenvalue weighted by molar-refractivity contribution is 6.02. The van der Waals surface area contributed by atoms with Crippen LogP contribution in [0.3, 0.4) is 0 Å². The molecule has 6 atom stereocenters. The summed E-state index contributed by atoms with van der Waals surface area (Å²) in [7, 11) is 0. The number of hydrogen-bond acceptors (Lipinski definition) is 4. The SMILES string of the molecule is CC1=C(C(=O)Cc2ccc3[nH]ncc3c2)C(c2ccc(F)c(C(=O)NC3CC4CC5C4(C)C35C)c2)NC(=O)C1. The predicted octanol–water partition coefficient (Wildman–Crippen LogP) is 4.56. The molecule has 0 spiro atoms. The molecule has 3 saturated carbocycles. The maximum absolute atomic E-state index is 15.0. The number of aromatic nitrogens is 2. The van der Waals surface area contributed by atoms with Crippen LogP contribution in [0, 0.1) is 28.5 Å². The molecule has 0 saturated heterocycles. The van der Waals surface area contributed by atoms with Crippen molar-refractivity contribution in [3.05, 3.63) is 76.2 Å². The molecule has 2 aromatic carbocycles. The molecule has 3 N–H and O–H groups in total. The molecule has 0 radical (unpaired) electrons. The van der Waals surface area contributed by atoms with Crippen molar-refractivity contribution in [2.45, 2.75) is 58.5 Å². The number of carbonyl (C=O) groups is 3. The summed E-state index contributed by atoms with van der Waals surface area (Å²) in [6.45, 7) is 6.34. The van der Waals surface area contributed by atoms with E-state index in [1.807, 2.05) is 18.2 Å². The van der Waals surface area contributed by atoms with Crippen LogP contribution in [-0.4, -0.2) is 33.8 Å². The molecule has 3 fully saturated rings. The molecule has 7 nitrogen and oxygen atoms in total. The minimum absolute atomic E-state index is 0.0306. The normalized spacial score (nSPS) is 32.5. The van der Waals surface area contributed by atoms with E-state index in [4.69, 9.17) is 0 Å². The molecular formula is C31H31FN4O3. The second-order valence-electron chi connectivity index (χ2n) is 12.3. The van der Waals surface area contributed by atoms with Gasteiger partial charge in [0, 0.05) is 29.8 Å². The van der Waals surface area contributed by atoms with Crippen LogP contribution in [0.5, 0.6) is 0 Å². The van der Waals surface area contributed by atoms with Gasteiger partial charge in [0.2, 0.25) is 5.91 Å². The Kier molecular flexibility index (Phi) is 5.04. The first-order valence-corrected chi connectivity index (χ1v) is 13.7. The number of rotatable bonds is 6. The summed E-state index contributed by atoms with van der Waals surface area (Å²) in [5.41, 5.74) is 3.72. The summed E-state index contributed by atoms with van der Waals surface area (Å²) < 4.78 is 15.0. The fourth-order valence-electron chi connectivity index (χ4n) is 8.28. The number of halogens is 1.